The number of rotatable bonds is 3. The van der Waals surface area contributed by atoms with Crippen LogP contribution in [0.1, 0.15) is 15.9 Å². The summed E-state index contributed by atoms with van der Waals surface area (Å²) in [5, 5.41) is 13.2. The van der Waals surface area contributed by atoms with Crippen molar-refractivity contribution in [2.45, 2.75) is 6.92 Å². The Hall–Kier alpha value is -1.91. The SMILES string of the molecule is COc1ccc(C(=O)Nc2cc(Cl)c(C)cc2Cl)cc1O. The summed E-state index contributed by atoms with van der Waals surface area (Å²) in [4.78, 5) is 12.1. The number of carbonyl (C=O) groups excluding carboxylic acids is 1. The highest BCUT2D eigenvalue weighted by atomic mass is 35.5. The van der Waals surface area contributed by atoms with E-state index in [0.717, 1.165) is 5.56 Å². The van der Waals surface area contributed by atoms with E-state index < -0.39 is 5.91 Å². The van der Waals surface area contributed by atoms with Crippen LogP contribution in [0, 0.1) is 6.92 Å². The van der Waals surface area contributed by atoms with Crippen LogP contribution < -0.4 is 10.1 Å². The highest BCUT2D eigenvalue weighted by Gasteiger charge is 2.12. The fraction of sp³-hybridized carbons (Fsp3) is 0.133. The number of anilines is 1. The van der Waals surface area contributed by atoms with Gasteiger partial charge in [0.15, 0.2) is 11.5 Å². The number of hydrogen-bond acceptors (Lipinski definition) is 3. The second kappa shape index (κ2) is 6.24. The van der Waals surface area contributed by atoms with Crippen molar-refractivity contribution in [3.05, 3.63) is 51.5 Å². The average molecular weight is 326 g/mol. The Balaban J connectivity index is 2.26. The summed E-state index contributed by atoms with van der Waals surface area (Å²) >= 11 is 12.1. The molecular weight excluding hydrogens is 313 g/mol. The maximum Gasteiger partial charge on any atom is 0.255 e. The Kier molecular flexibility index (Phi) is 4.60. The van der Waals surface area contributed by atoms with Crippen LogP contribution in [0.3, 0.4) is 0 Å². The van der Waals surface area contributed by atoms with Crippen molar-refractivity contribution in [2.24, 2.45) is 0 Å². The summed E-state index contributed by atoms with van der Waals surface area (Å²) in [7, 11) is 1.43. The maximum atomic E-state index is 12.1. The van der Waals surface area contributed by atoms with E-state index in [0.29, 0.717) is 21.5 Å². The Morgan fingerprint density at radius 1 is 1.19 bits per heavy atom. The van der Waals surface area contributed by atoms with Crippen LogP contribution in [0.25, 0.3) is 0 Å². The number of amides is 1. The number of aromatic hydroxyl groups is 1. The standard InChI is InChI=1S/C15H13Cl2NO3/c1-8-5-11(17)12(7-10(8)16)18-15(20)9-3-4-14(21-2)13(19)6-9/h3-7,19H,1-2H3,(H,18,20). The molecule has 0 aliphatic rings. The monoisotopic (exact) mass is 325 g/mol. The van der Waals surface area contributed by atoms with E-state index in [-0.39, 0.29) is 11.3 Å². The zero-order chi connectivity index (χ0) is 15.6. The quantitative estimate of drug-likeness (QED) is 0.886. The van der Waals surface area contributed by atoms with Gasteiger partial charge < -0.3 is 15.2 Å². The average Bonchev–Trinajstić information content (AvgIpc) is 2.44. The smallest absolute Gasteiger partial charge is 0.255 e. The molecule has 2 aromatic rings. The first kappa shape index (κ1) is 15.5. The molecule has 0 radical (unpaired) electrons. The summed E-state index contributed by atoms with van der Waals surface area (Å²) in [5.41, 5.74) is 1.51. The van der Waals surface area contributed by atoms with E-state index in [9.17, 15) is 9.90 Å². The minimum atomic E-state index is -0.408. The van der Waals surface area contributed by atoms with Crippen LogP contribution in [0.15, 0.2) is 30.3 Å². The summed E-state index contributed by atoms with van der Waals surface area (Å²) in [6.07, 6.45) is 0. The highest BCUT2D eigenvalue weighted by molar-refractivity contribution is 6.36. The number of hydrogen-bond donors (Lipinski definition) is 2. The lowest BCUT2D eigenvalue weighted by molar-refractivity contribution is 0.102. The van der Waals surface area contributed by atoms with Gasteiger partial charge in [-0.1, -0.05) is 23.2 Å². The molecule has 0 aromatic heterocycles. The van der Waals surface area contributed by atoms with Crippen molar-refractivity contribution in [3.63, 3.8) is 0 Å². The van der Waals surface area contributed by atoms with Gasteiger partial charge in [0.25, 0.3) is 5.91 Å². The van der Waals surface area contributed by atoms with Gasteiger partial charge in [-0.25, -0.2) is 0 Å². The van der Waals surface area contributed by atoms with Gasteiger partial charge in [-0.05, 0) is 42.8 Å². The molecule has 110 valence electrons. The zero-order valence-electron chi connectivity index (χ0n) is 11.4. The number of phenolic OH excluding ortho intramolecular Hbond substituents is 1. The van der Waals surface area contributed by atoms with Gasteiger partial charge in [0.05, 0.1) is 17.8 Å². The Labute approximate surface area is 132 Å². The molecule has 6 heteroatoms. The topological polar surface area (TPSA) is 58.6 Å². The van der Waals surface area contributed by atoms with Gasteiger partial charge in [0, 0.05) is 10.6 Å². The van der Waals surface area contributed by atoms with Crippen LogP contribution in [0.2, 0.25) is 10.0 Å². The number of halogens is 2. The summed E-state index contributed by atoms with van der Waals surface area (Å²) in [5.74, 6) is -0.226. The molecule has 0 spiro atoms. The minimum absolute atomic E-state index is 0.113. The number of carbonyl (C=O) groups is 1. The molecule has 0 heterocycles. The maximum absolute atomic E-state index is 12.1. The van der Waals surface area contributed by atoms with Gasteiger partial charge in [-0.15, -0.1) is 0 Å². The zero-order valence-corrected chi connectivity index (χ0v) is 12.9. The molecule has 4 nitrogen and oxygen atoms in total. The van der Waals surface area contributed by atoms with E-state index in [1.165, 1.54) is 25.3 Å². The Morgan fingerprint density at radius 3 is 2.52 bits per heavy atom. The fourth-order valence-corrected chi connectivity index (χ4v) is 2.20. The Morgan fingerprint density at radius 2 is 1.90 bits per heavy atom. The van der Waals surface area contributed by atoms with Gasteiger partial charge in [-0.2, -0.15) is 0 Å². The molecule has 0 aliphatic carbocycles. The third-order valence-corrected chi connectivity index (χ3v) is 3.66. The molecule has 0 atom stereocenters. The first-order chi connectivity index (χ1) is 9.92. The second-order valence-electron chi connectivity index (χ2n) is 4.42. The molecule has 21 heavy (non-hydrogen) atoms. The van der Waals surface area contributed by atoms with Crippen LogP contribution in [0.5, 0.6) is 11.5 Å². The van der Waals surface area contributed by atoms with Gasteiger partial charge in [0.1, 0.15) is 0 Å². The van der Waals surface area contributed by atoms with E-state index >= 15 is 0 Å². The molecule has 2 N–H and O–H groups in total. The highest BCUT2D eigenvalue weighted by Crippen LogP contribution is 2.30. The molecule has 0 aliphatic heterocycles. The molecule has 0 unspecified atom stereocenters. The van der Waals surface area contributed by atoms with Crippen molar-refractivity contribution in [1.29, 1.82) is 0 Å². The summed E-state index contributed by atoms with van der Waals surface area (Å²) in [6, 6.07) is 7.62. The van der Waals surface area contributed by atoms with Crippen molar-refractivity contribution in [3.8, 4) is 11.5 Å². The third kappa shape index (κ3) is 3.40. The molecule has 0 fully saturated rings. The predicted octanol–water partition coefficient (Wildman–Crippen LogP) is 4.27. The number of nitrogens with one attached hydrogen (secondary N) is 1. The van der Waals surface area contributed by atoms with Crippen molar-refractivity contribution in [1.82, 2.24) is 0 Å². The lowest BCUT2D eigenvalue weighted by Gasteiger charge is -2.10. The number of benzene rings is 2. The lowest BCUT2D eigenvalue weighted by Crippen LogP contribution is -2.12. The number of methoxy groups -OCH3 is 1. The molecule has 2 aromatic carbocycles. The van der Waals surface area contributed by atoms with Crippen LogP contribution in [-0.2, 0) is 0 Å². The van der Waals surface area contributed by atoms with Gasteiger partial charge in [0.2, 0.25) is 0 Å². The first-order valence-electron chi connectivity index (χ1n) is 6.06. The second-order valence-corrected chi connectivity index (χ2v) is 5.24. The Bertz CT molecular complexity index is 702. The molecule has 0 saturated heterocycles. The van der Waals surface area contributed by atoms with Crippen molar-refractivity contribution >= 4 is 34.8 Å². The molecule has 0 bridgehead atoms. The lowest BCUT2D eigenvalue weighted by atomic mass is 10.1. The van der Waals surface area contributed by atoms with E-state index in [2.05, 4.69) is 5.32 Å². The van der Waals surface area contributed by atoms with Gasteiger partial charge in [-0.3, -0.25) is 4.79 Å². The summed E-state index contributed by atoms with van der Waals surface area (Å²) < 4.78 is 4.93. The number of ether oxygens (including phenoxy) is 1. The van der Waals surface area contributed by atoms with Crippen LogP contribution in [-0.4, -0.2) is 18.1 Å². The fourth-order valence-electron chi connectivity index (χ4n) is 1.77. The van der Waals surface area contributed by atoms with E-state index in [1.807, 2.05) is 6.92 Å². The minimum Gasteiger partial charge on any atom is -0.504 e. The third-order valence-electron chi connectivity index (χ3n) is 2.94. The largest absolute Gasteiger partial charge is 0.504 e. The van der Waals surface area contributed by atoms with Gasteiger partial charge >= 0.3 is 0 Å². The first-order valence-corrected chi connectivity index (χ1v) is 6.82. The van der Waals surface area contributed by atoms with Crippen LogP contribution in [0.4, 0.5) is 5.69 Å². The van der Waals surface area contributed by atoms with Crippen LogP contribution >= 0.6 is 23.2 Å². The van der Waals surface area contributed by atoms with Crippen molar-refractivity contribution in [2.75, 3.05) is 12.4 Å². The normalized spacial score (nSPS) is 10.3. The number of phenols is 1. The molecule has 0 saturated carbocycles. The molecule has 2 rings (SSSR count). The van der Waals surface area contributed by atoms with E-state index in [4.69, 9.17) is 27.9 Å². The molecular formula is C15H13Cl2NO3. The van der Waals surface area contributed by atoms with E-state index in [1.54, 1.807) is 12.1 Å². The molecule has 1 amide bonds. The number of aryl methyl sites for hydroxylation is 1. The van der Waals surface area contributed by atoms with Crippen molar-refractivity contribution < 1.29 is 14.6 Å². The summed E-state index contributed by atoms with van der Waals surface area (Å²) in [6.45, 7) is 1.82. The predicted molar refractivity (Wildman–Crippen MR) is 83.8 cm³/mol.